The van der Waals surface area contributed by atoms with Gasteiger partial charge in [-0.1, -0.05) is 60.7 Å². The third kappa shape index (κ3) is 6.96. The first-order valence-electron chi connectivity index (χ1n) is 11.2. The Bertz CT molecular complexity index is 1220. The van der Waals surface area contributed by atoms with Gasteiger partial charge in [0.15, 0.2) is 0 Å². The second kappa shape index (κ2) is 10.9. The quantitative estimate of drug-likeness (QED) is 0.282. The first-order chi connectivity index (χ1) is 16.9. The summed E-state index contributed by atoms with van der Waals surface area (Å²) in [6, 6.07) is 31.4. The number of carbonyl (C=O) groups is 1. The number of para-hydroxylation sites is 1. The number of hydrogen-bond acceptors (Lipinski definition) is 2. The molecule has 0 saturated heterocycles. The highest BCUT2D eigenvalue weighted by molar-refractivity contribution is 5.91. The maximum Gasteiger partial charge on any atom is 0.416 e. The van der Waals surface area contributed by atoms with Crippen LogP contribution in [0.4, 0.5) is 18.9 Å². The van der Waals surface area contributed by atoms with E-state index in [1.54, 1.807) is 0 Å². The van der Waals surface area contributed by atoms with Crippen LogP contribution in [0.3, 0.4) is 0 Å². The Hall–Kier alpha value is -4.06. The van der Waals surface area contributed by atoms with E-state index in [0.717, 1.165) is 29.0 Å². The van der Waals surface area contributed by atoms with E-state index in [-0.39, 0.29) is 18.2 Å². The predicted molar refractivity (Wildman–Crippen MR) is 131 cm³/mol. The largest absolute Gasteiger partial charge is 0.457 e. The minimum Gasteiger partial charge on any atom is -0.457 e. The van der Waals surface area contributed by atoms with E-state index in [1.807, 2.05) is 84.9 Å². The molecule has 0 saturated carbocycles. The summed E-state index contributed by atoms with van der Waals surface area (Å²) >= 11 is 0. The average molecular weight is 476 g/mol. The zero-order chi connectivity index (χ0) is 24.7. The first kappa shape index (κ1) is 24.1. The molecule has 1 amide bonds. The van der Waals surface area contributed by atoms with Gasteiger partial charge in [-0.05, 0) is 72.0 Å². The molecule has 0 heterocycles. The van der Waals surface area contributed by atoms with Crippen molar-refractivity contribution in [1.29, 1.82) is 0 Å². The lowest BCUT2D eigenvalue weighted by atomic mass is 9.89. The fraction of sp³-hybridized carbons (Fsp3) is 0.138. The maximum absolute atomic E-state index is 12.8. The molecule has 178 valence electrons. The smallest absolute Gasteiger partial charge is 0.416 e. The summed E-state index contributed by atoms with van der Waals surface area (Å²) < 4.78 is 44.3. The summed E-state index contributed by atoms with van der Waals surface area (Å²) in [6.07, 6.45) is -3.60. The van der Waals surface area contributed by atoms with Gasteiger partial charge in [0.2, 0.25) is 5.91 Å². The number of nitrogens with one attached hydrogen (secondary N) is 1. The molecule has 0 aliphatic rings. The number of amides is 1. The number of halogens is 3. The standard InChI is InChI=1S/C29H24F3NO2/c30-29(31,32)24-13-15-25(16-14-24)33-28(34)20-23(19-21-7-3-1-4-8-21)22-11-17-27(18-12-22)35-26-9-5-2-6-10-26/h1-18,23H,19-20H2,(H,33,34)/t23-/m0/s1. The summed E-state index contributed by atoms with van der Waals surface area (Å²) in [5.41, 5.74) is 1.63. The van der Waals surface area contributed by atoms with Gasteiger partial charge < -0.3 is 10.1 Å². The summed E-state index contributed by atoms with van der Waals surface area (Å²) in [5.74, 6) is 1.03. The molecule has 0 unspecified atom stereocenters. The van der Waals surface area contributed by atoms with Crippen LogP contribution >= 0.6 is 0 Å². The highest BCUT2D eigenvalue weighted by atomic mass is 19.4. The molecule has 0 aliphatic heterocycles. The van der Waals surface area contributed by atoms with E-state index in [4.69, 9.17) is 4.74 Å². The van der Waals surface area contributed by atoms with Crippen molar-refractivity contribution < 1.29 is 22.7 Å². The average Bonchev–Trinajstić information content (AvgIpc) is 2.85. The van der Waals surface area contributed by atoms with Crippen LogP contribution in [0.2, 0.25) is 0 Å². The molecule has 4 aromatic rings. The molecular formula is C29H24F3NO2. The molecule has 4 rings (SSSR count). The number of anilines is 1. The number of carbonyl (C=O) groups excluding carboxylic acids is 1. The molecule has 0 aromatic heterocycles. The van der Waals surface area contributed by atoms with E-state index in [1.165, 1.54) is 12.1 Å². The molecule has 0 aliphatic carbocycles. The van der Waals surface area contributed by atoms with Crippen LogP contribution in [0.25, 0.3) is 0 Å². The third-order valence-corrected chi connectivity index (χ3v) is 5.58. The van der Waals surface area contributed by atoms with Gasteiger partial charge in [-0.25, -0.2) is 0 Å². The summed E-state index contributed by atoms with van der Waals surface area (Å²) in [7, 11) is 0. The zero-order valence-electron chi connectivity index (χ0n) is 18.8. The van der Waals surface area contributed by atoms with Crippen LogP contribution in [0.5, 0.6) is 11.5 Å². The van der Waals surface area contributed by atoms with Gasteiger partial charge in [-0.2, -0.15) is 13.2 Å². The van der Waals surface area contributed by atoms with Gasteiger partial charge in [0.05, 0.1) is 5.56 Å². The molecule has 1 N–H and O–H groups in total. The van der Waals surface area contributed by atoms with Gasteiger partial charge in [0.1, 0.15) is 11.5 Å². The molecule has 0 fully saturated rings. The number of rotatable bonds is 8. The summed E-state index contributed by atoms with van der Waals surface area (Å²) in [4.78, 5) is 12.8. The van der Waals surface area contributed by atoms with Crippen LogP contribution in [0.1, 0.15) is 29.0 Å². The van der Waals surface area contributed by atoms with Crippen LogP contribution in [0, 0.1) is 0 Å². The van der Waals surface area contributed by atoms with E-state index in [9.17, 15) is 18.0 Å². The fourth-order valence-corrected chi connectivity index (χ4v) is 3.82. The minimum absolute atomic E-state index is 0.127. The highest BCUT2D eigenvalue weighted by Crippen LogP contribution is 2.31. The SMILES string of the molecule is O=C(C[C@H](Cc1ccccc1)c1ccc(Oc2ccccc2)cc1)Nc1ccc(C(F)(F)F)cc1. The Kier molecular flexibility index (Phi) is 7.51. The molecule has 6 heteroatoms. The van der Waals surface area contributed by atoms with Gasteiger partial charge in [0, 0.05) is 12.1 Å². The van der Waals surface area contributed by atoms with E-state index in [2.05, 4.69) is 5.32 Å². The number of benzene rings is 4. The molecule has 35 heavy (non-hydrogen) atoms. The third-order valence-electron chi connectivity index (χ3n) is 5.58. The first-order valence-corrected chi connectivity index (χ1v) is 11.2. The van der Waals surface area contributed by atoms with Gasteiger partial charge in [-0.15, -0.1) is 0 Å². The number of alkyl halides is 3. The van der Waals surface area contributed by atoms with Crippen molar-refractivity contribution in [2.45, 2.75) is 24.9 Å². The number of hydrogen-bond donors (Lipinski definition) is 1. The maximum atomic E-state index is 12.8. The minimum atomic E-state index is -4.42. The lowest BCUT2D eigenvalue weighted by Gasteiger charge is -2.18. The van der Waals surface area contributed by atoms with Gasteiger partial charge >= 0.3 is 6.18 Å². The Morgan fingerprint density at radius 1 is 0.743 bits per heavy atom. The second-order valence-electron chi connectivity index (χ2n) is 8.20. The Balaban J connectivity index is 1.48. The molecule has 3 nitrogen and oxygen atoms in total. The Labute approximate surface area is 202 Å². The Morgan fingerprint density at radius 3 is 1.91 bits per heavy atom. The lowest BCUT2D eigenvalue weighted by Crippen LogP contribution is -2.17. The van der Waals surface area contributed by atoms with E-state index < -0.39 is 11.7 Å². The normalized spacial score (nSPS) is 12.1. The summed E-state index contributed by atoms with van der Waals surface area (Å²) in [5, 5.41) is 2.72. The zero-order valence-corrected chi connectivity index (χ0v) is 18.8. The van der Waals surface area contributed by atoms with Crippen molar-refractivity contribution in [2.75, 3.05) is 5.32 Å². The van der Waals surface area contributed by atoms with Gasteiger partial charge in [0.25, 0.3) is 0 Å². The fourth-order valence-electron chi connectivity index (χ4n) is 3.82. The van der Waals surface area contributed by atoms with Crippen LogP contribution in [0.15, 0.2) is 109 Å². The van der Waals surface area contributed by atoms with Crippen LogP contribution in [-0.2, 0) is 17.4 Å². The number of ether oxygens (including phenoxy) is 1. The van der Waals surface area contributed by atoms with E-state index >= 15 is 0 Å². The molecule has 0 bridgehead atoms. The monoisotopic (exact) mass is 475 g/mol. The van der Waals surface area contributed by atoms with Crippen molar-refractivity contribution >= 4 is 11.6 Å². The summed E-state index contributed by atoms with van der Waals surface area (Å²) in [6.45, 7) is 0. The van der Waals surface area contributed by atoms with E-state index in [0.29, 0.717) is 17.9 Å². The van der Waals surface area contributed by atoms with Crippen molar-refractivity contribution in [3.63, 3.8) is 0 Å². The molecule has 4 aromatic carbocycles. The van der Waals surface area contributed by atoms with Gasteiger partial charge in [-0.3, -0.25) is 4.79 Å². The van der Waals surface area contributed by atoms with Crippen LogP contribution in [-0.4, -0.2) is 5.91 Å². The van der Waals surface area contributed by atoms with Crippen molar-refractivity contribution in [3.8, 4) is 11.5 Å². The highest BCUT2D eigenvalue weighted by Gasteiger charge is 2.30. The van der Waals surface area contributed by atoms with Crippen LogP contribution < -0.4 is 10.1 Å². The second-order valence-corrected chi connectivity index (χ2v) is 8.20. The molecule has 1 atom stereocenters. The molecule has 0 radical (unpaired) electrons. The topological polar surface area (TPSA) is 38.3 Å². The lowest BCUT2D eigenvalue weighted by molar-refractivity contribution is -0.137. The predicted octanol–water partition coefficient (Wildman–Crippen LogP) is 7.85. The Morgan fingerprint density at radius 2 is 1.31 bits per heavy atom. The molecule has 0 spiro atoms. The van der Waals surface area contributed by atoms with Crippen molar-refractivity contribution in [3.05, 3.63) is 126 Å². The van der Waals surface area contributed by atoms with Crippen molar-refractivity contribution in [1.82, 2.24) is 0 Å². The van der Waals surface area contributed by atoms with Crippen molar-refractivity contribution in [2.24, 2.45) is 0 Å². The molecular weight excluding hydrogens is 451 g/mol.